The molecule has 32 heavy (non-hydrogen) atoms. The van der Waals surface area contributed by atoms with Gasteiger partial charge in [-0.3, -0.25) is 19.4 Å². The molecule has 0 fully saturated rings. The minimum Gasteiger partial charge on any atom is -0.481 e. The average Bonchev–Trinajstić information content (AvgIpc) is 3.07. The normalized spacial score (nSPS) is 14.4. The third-order valence-corrected chi connectivity index (χ3v) is 5.75. The van der Waals surface area contributed by atoms with Crippen molar-refractivity contribution >= 4 is 46.5 Å². The Labute approximate surface area is 195 Å². The zero-order valence-corrected chi connectivity index (χ0v) is 19.0. The van der Waals surface area contributed by atoms with E-state index in [2.05, 4.69) is 15.6 Å². The number of ketones is 1. The highest BCUT2D eigenvalue weighted by atomic mass is 35.5. The molecule has 1 aromatic carbocycles. The van der Waals surface area contributed by atoms with Crippen LogP contribution in [0, 0.1) is 0 Å². The van der Waals surface area contributed by atoms with Crippen LogP contribution in [-0.4, -0.2) is 27.8 Å². The lowest BCUT2D eigenvalue weighted by Crippen LogP contribution is -2.24. The standard InChI is InChI=1S/C23H23Cl2N3O4/c1-2-3-15-18(8-9-20(15)29)28-19(10-21(30)31)13-4-6-14(7-5-13)27-23(32)22-16(24)11-26-12-17(22)25/h4-7,11-12,19,28H,2-3,8-10H2,1H3,(H,27,32)(H,30,31). The van der Waals surface area contributed by atoms with Crippen molar-refractivity contribution in [2.45, 2.75) is 45.1 Å². The second kappa shape index (κ2) is 10.6. The maximum absolute atomic E-state index is 12.5. The Kier molecular flexibility index (Phi) is 7.88. The molecule has 1 aromatic heterocycles. The van der Waals surface area contributed by atoms with Gasteiger partial charge in [0.05, 0.1) is 28.1 Å². The van der Waals surface area contributed by atoms with E-state index in [-0.39, 0.29) is 27.8 Å². The molecular formula is C23H23Cl2N3O4. The van der Waals surface area contributed by atoms with Gasteiger partial charge >= 0.3 is 5.97 Å². The van der Waals surface area contributed by atoms with Crippen molar-refractivity contribution in [3.05, 3.63) is 69.1 Å². The summed E-state index contributed by atoms with van der Waals surface area (Å²) < 4.78 is 0. The van der Waals surface area contributed by atoms with Gasteiger partial charge < -0.3 is 15.7 Å². The van der Waals surface area contributed by atoms with Gasteiger partial charge in [0.15, 0.2) is 5.78 Å². The molecule has 0 bridgehead atoms. The molecule has 168 valence electrons. The number of nitrogens with one attached hydrogen (secondary N) is 2. The summed E-state index contributed by atoms with van der Waals surface area (Å²) in [4.78, 5) is 40.0. The highest BCUT2D eigenvalue weighted by Crippen LogP contribution is 2.29. The third kappa shape index (κ3) is 5.66. The van der Waals surface area contributed by atoms with Crippen LogP contribution in [0.4, 0.5) is 5.69 Å². The van der Waals surface area contributed by atoms with Crippen molar-refractivity contribution in [2.24, 2.45) is 0 Å². The van der Waals surface area contributed by atoms with Crippen LogP contribution in [-0.2, 0) is 9.59 Å². The van der Waals surface area contributed by atoms with Crippen molar-refractivity contribution in [3.63, 3.8) is 0 Å². The molecular weight excluding hydrogens is 453 g/mol. The number of allylic oxidation sites excluding steroid dienone is 2. The fraction of sp³-hybridized carbons (Fsp3) is 0.304. The van der Waals surface area contributed by atoms with E-state index in [9.17, 15) is 19.5 Å². The minimum absolute atomic E-state index is 0.120. The number of hydrogen-bond acceptors (Lipinski definition) is 5. The number of carboxylic acids is 1. The molecule has 0 radical (unpaired) electrons. The Morgan fingerprint density at radius 3 is 2.38 bits per heavy atom. The minimum atomic E-state index is -0.955. The lowest BCUT2D eigenvalue weighted by Gasteiger charge is -2.21. The molecule has 7 nitrogen and oxygen atoms in total. The first kappa shape index (κ1) is 23.8. The van der Waals surface area contributed by atoms with Crippen LogP contribution in [0.3, 0.4) is 0 Å². The predicted molar refractivity (Wildman–Crippen MR) is 123 cm³/mol. The zero-order valence-electron chi connectivity index (χ0n) is 17.5. The molecule has 0 saturated carbocycles. The smallest absolute Gasteiger partial charge is 0.305 e. The van der Waals surface area contributed by atoms with Crippen LogP contribution in [0.1, 0.15) is 61.0 Å². The molecule has 1 heterocycles. The molecule has 1 aliphatic carbocycles. The van der Waals surface area contributed by atoms with E-state index in [0.717, 1.165) is 23.3 Å². The van der Waals surface area contributed by atoms with E-state index in [4.69, 9.17) is 23.2 Å². The van der Waals surface area contributed by atoms with Gasteiger partial charge in [-0.1, -0.05) is 48.7 Å². The maximum atomic E-state index is 12.5. The molecule has 3 rings (SSSR count). The van der Waals surface area contributed by atoms with E-state index in [1.165, 1.54) is 12.4 Å². The Morgan fingerprint density at radius 2 is 1.78 bits per heavy atom. The summed E-state index contributed by atoms with van der Waals surface area (Å²) >= 11 is 12.1. The highest BCUT2D eigenvalue weighted by Gasteiger charge is 2.25. The van der Waals surface area contributed by atoms with Crippen LogP contribution in [0.15, 0.2) is 47.9 Å². The molecule has 1 aliphatic rings. The lowest BCUT2D eigenvalue weighted by molar-refractivity contribution is -0.137. The second-order valence-corrected chi connectivity index (χ2v) is 8.29. The number of nitrogens with zero attached hydrogens (tertiary/aromatic N) is 1. The number of aromatic nitrogens is 1. The van der Waals surface area contributed by atoms with Crippen molar-refractivity contribution in [1.82, 2.24) is 10.3 Å². The topological polar surface area (TPSA) is 108 Å². The fourth-order valence-corrected chi connectivity index (χ4v) is 4.20. The molecule has 0 aliphatic heterocycles. The van der Waals surface area contributed by atoms with E-state index in [0.29, 0.717) is 24.9 Å². The molecule has 3 N–H and O–H groups in total. The number of Topliss-reactive ketones (excluding diaryl/α,β-unsaturated/α-hetero) is 1. The summed E-state index contributed by atoms with van der Waals surface area (Å²) in [5.41, 5.74) is 2.94. The summed E-state index contributed by atoms with van der Waals surface area (Å²) in [6.07, 6.45) is 5.08. The van der Waals surface area contributed by atoms with Gasteiger partial charge in [0, 0.05) is 35.8 Å². The number of pyridine rings is 1. The van der Waals surface area contributed by atoms with E-state index in [1.807, 2.05) is 6.92 Å². The number of halogens is 2. The SMILES string of the molecule is CCCC1=C(NC(CC(=O)O)c2ccc(NC(=O)c3c(Cl)cncc3Cl)cc2)CCC1=O. The third-order valence-electron chi connectivity index (χ3n) is 5.18. The number of hydrogen-bond donors (Lipinski definition) is 3. The average molecular weight is 476 g/mol. The Bertz CT molecular complexity index is 1050. The summed E-state index contributed by atoms with van der Waals surface area (Å²) in [5.74, 6) is -1.31. The van der Waals surface area contributed by atoms with Crippen molar-refractivity contribution in [1.29, 1.82) is 0 Å². The summed E-state index contributed by atoms with van der Waals surface area (Å²) in [6.45, 7) is 2.00. The van der Waals surface area contributed by atoms with Crippen molar-refractivity contribution in [2.75, 3.05) is 5.32 Å². The summed E-state index contributed by atoms with van der Waals surface area (Å²) in [6, 6.07) is 6.32. The first-order chi connectivity index (χ1) is 15.3. The molecule has 2 aromatic rings. The predicted octanol–water partition coefficient (Wildman–Crippen LogP) is 5.16. The summed E-state index contributed by atoms with van der Waals surface area (Å²) in [7, 11) is 0. The number of amides is 1. The van der Waals surface area contributed by atoms with Gasteiger partial charge in [-0.05, 0) is 30.5 Å². The number of benzene rings is 1. The van der Waals surface area contributed by atoms with Crippen molar-refractivity contribution < 1.29 is 19.5 Å². The van der Waals surface area contributed by atoms with Crippen LogP contribution in [0.2, 0.25) is 10.0 Å². The molecule has 1 amide bonds. The number of anilines is 1. The van der Waals surface area contributed by atoms with Crippen LogP contribution < -0.4 is 10.6 Å². The van der Waals surface area contributed by atoms with Gasteiger partial charge in [-0.25, -0.2) is 0 Å². The lowest BCUT2D eigenvalue weighted by atomic mass is 10.0. The molecule has 0 saturated heterocycles. The van der Waals surface area contributed by atoms with E-state index >= 15 is 0 Å². The quantitative estimate of drug-likeness (QED) is 0.461. The Balaban J connectivity index is 1.78. The van der Waals surface area contributed by atoms with Gasteiger partial charge in [-0.15, -0.1) is 0 Å². The van der Waals surface area contributed by atoms with Gasteiger partial charge in [-0.2, -0.15) is 0 Å². The molecule has 1 atom stereocenters. The maximum Gasteiger partial charge on any atom is 0.305 e. The molecule has 0 spiro atoms. The first-order valence-electron chi connectivity index (χ1n) is 10.2. The zero-order chi connectivity index (χ0) is 23.3. The van der Waals surface area contributed by atoms with Gasteiger partial charge in [0.25, 0.3) is 5.91 Å². The van der Waals surface area contributed by atoms with E-state index < -0.39 is 17.9 Å². The Morgan fingerprint density at radius 1 is 1.12 bits per heavy atom. The highest BCUT2D eigenvalue weighted by molar-refractivity contribution is 6.40. The monoisotopic (exact) mass is 475 g/mol. The number of carbonyl (C=O) groups excluding carboxylic acids is 2. The number of carbonyl (C=O) groups is 3. The summed E-state index contributed by atoms with van der Waals surface area (Å²) in [5, 5.41) is 15.7. The molecule has 1 unspecified atom stereocenters. The Hall–Kier alpha value is -2.90. The molecule has 9 heteroatoms. The first-order valence-corrected chi connectivity index (χ1v) is 11.0. The van der Waals surface area contributed by atoms with Gasteiger partial charge in [0.1, 0.15) is 0 Å². The van der Waals surface area contributed by atoms with Crippen LogP contribution in [0.5, 0.6) is 0 Å². The number of carboxylic acid groups (broad SMARTS) is 1. The van der Waals surface area contributed by atoms with E-state index in [1.54, 1.807) is 24.3 Å². The second-order valence-electron chi connectivity index (χ2n) is 7.48. The van der Waals surface area contributed by atoms with Crippen molar-refractivity contribution in [3.8, 4) is 0 Å². The number of aliphatic carboxylic acids is 1. The van der Waals surface area contributed by atoms with Crippen LogP contribution in [0.25, 0.3) is 0 Å². The number of rotatable bonds is 9. The largest absolute Gasteiger partial charge is 0.481 e. The fourth-order valence-electron chi connectivity index (χ4n) is 3.67. The van der Waals surface area contributed by atoms with Gasteiger partial charge in [0.2, 0.25) is 0 Å². The van der Waals surface area contributed by atoms with Crippen LogP contribution >= 0.6 is 23.2 Å².